The summed E-state index contributed by atoms with van der Waals surface area (Å²) < 4.78 is 0. The van der Waals surface area contributed by atoms with Gasteiger partial charge in [0.15, 0.2) is 0 Å². The number of fused-ring (bicyclic) bond motifs is 1. The van der Waals surface area contributed by atoms with E-state index in [0.717, 1.165) is 0 Å². The third-order valence-corrected chi connectivity index (χ3v) is 2.88. The lowest BCUT2D eigenvalue weighted by Crippen LogP contribution is -1.90. The van der Waals surface area contributed by atoms with Crippen molar-refractivity contribution in [2.45, 2.75) is 26.7 Å². The van der Waals surface area contributed by atoms with Gasteiger partial charge >= 0.3 is 0 Å². The zero-order valence-electron chi connectivity index (χ0n) is 7.89. The summed E-state index contributed by atoms with van der Waals surface area (Å²) in [6.07, 6.45) is 2.31. The molecule has 0 bridgehead atoms. The van der Waals surface area contributed by atoms with Gasteiger partial charge in [-0.05, 0) is 30.5 Å². The summed E-state index contributed by atoms with van der Waals surface area (Å²) in [5.41, 5.74) is 5.82. The summed E-state index contributed by atoms with van der Waals surface area (Å²) in [4.78, 5) is 0. The van der Waals surface area contributed by atoms with E-state index >= 15 is 0 Å². The molecule has 1 aliphatic rings. The van der Waals surface area contributed by atoms with Crippen molar-refractivity contribution < 1.29 is 0 Å². The Labute approximate surface area is 73.9 Å². The first-order valence-electron chi connectivity index (χ1n) is 4.48. The summed E-state index contributed by atoms with van der Waals surface area (Å²) in [6.45, 7) is 6.67. The van der Waals surface area contributed by atoms with Crippen molar-refractivity contribution >= 4 is 6.08 Å². The maximum Gasteiger partial charge on any atom is 0.00264 e. The van der Waals surface area contributed by atoms with Crippen molar-refractivity contribution in [3.63, 3.8) is 0 Å². The van der Waals surface area contributed by atoms with E-state index in [1.54, 1.807) is 0 Å². The maximum atomic E-state index is 2.31. The highest BCUT2D eigenvalue weighted by atomic mass is 14.2. The minimum Gasteiger partial charge on any atom is -0.0655 e. The van der Waals surface area contributed by atoms with Gasteiger partial charge in [0.25, 0.3) is 0 Å². The number of rotatable bonds is 0. The normalized spacial score (nSPS) is 20.6. The standard InChI is InChI=1S/C12H14/c1-8-5-4-6-11-10(3)9(2)7-12(8)11/h4-7,10H,1-3H3. The predicted molar refractivity (Wildman–Crippen MR) is 53.2 cm³/mol. The molecule has 1 aliphatic carbocycles. The number of benzene rings is 1. The molecule has 62 valence electrons. The molecule has 0 saturated heterocycles. The van der Waals surface area contributed by atoms with Crippen LogP contribution in [0.3, 0.4) is 0 Å². The van der Waals surface area contributed by atoms with Gasteiger partial charge in [-0.2, -0.15) is 0 Å². The van der Waals surface area contributed by atoms with Gasteiger partial charge in [-0.3, -0.25) is 0 Å². The molecule has 0 heterocycles. The zero-order valence-corrected chi connectivity index (χ0v) is 7.89. The molecule has 0 amide bonds. The van der Waals surface area contributed by atoms with Gasteiger partial charge in [-0.1, -0.05) is 36.8 Å². The van der Waals surface area contributed by atoms with E-state index in [1.807, 2.05) is 0 Å². The molecule has 1 aromatic carbocycles. The van der Waals surface area contributed by atoms with Gasteiger partial charge in [0.1, 0.15) is 0 Å². The van der Waals surface area contributed by atoms with E-state index < -0.39 is 0 Å². The minimum absolute atomic E-state index is 0.625. The Balaban J connectivity index is 2.64. The second-order valence-corrected chi connectivity index (χ2v) is 3.69. The van der Waals surface area contributed by atoms with E-state index in [0.29, 0.717) is 5.92 Å². The summed E-state index contributed by atoms with van der Waals surface area (Å²) in [7, 11) is 0. The Morgan fingerprint density at radius 1 is 1.17 bits per heavy atom. The highest BCUT2D eigenvalue weighted by Gasteiger charge is 2.18. The quantitative estimate of drug-likeness (QED) is 0.542. The fourth-order valence-corrected chi connectivity index (χ4v) is 1.88. The molecule has 12 heavy (non-hydrogen) atoms. The van der Waals surface area contributed by atoms with Gasteiger partial charge in [0.05, 0.1) is 0 Å². The highest BCUT2D eigenvalue weighted by molar-refractivity contribution is 5.68. The third kappa shape index (κ3) is 0.911. The molecular weight excluding hydrogens is 144 g/mol. The van der Waals surface area contributed by atoms with Crippen LogP contribution in [0.2, 0.25) is 0 Å². The molecule has 0 spiro atoms. The Hall–Kier alpha value is -1.04. The number of allylic oxidation sites excluding steroid dienone is 1. The van der Waals surface area contributed by atoms with Crippen LogP contribution in [-0.4, -0.2) is 0 Å². The number of hydrogen-bond donors (Lipinski definition) is 0. The first-order chi connectivity index (χ1) is 5.70. The summed E-state index contributed by atoms with van der Waals surface area (Å²) in [6, 6.07) is 6.57. The Morgan fingerprint density at radius 2 is 1.92 bits per heavy atom. The van der Waals surface area contributed by atoms with E-state index in [-0.39, 0.29) is 0 Å². The van der Waals surface area contributed by atoms with E-state index in [9.17, 15) is 0 Å². The SMILES string of the molecule is CC1=Cc2c(C)cccc2C1C. The first-order valence-corrected chi connectivity index (χ1v) is 4.48. The molecule has 2 rings (SSSR count). The van der Waals surface area contributed by atoms with Crippen LogP contribution in [0.4, 0.5) is 0 Å². The van der Waals surface area contributed by atoms with Crippen LogP contribution < -0.4 is 0 Å². The zero-order chi connectivity index (χ0) is 8.72. The molecule has 0 aromatic heterocycles. The summed E-state index contributed by atoms with van der Waals surface area (Å²) in [5, 5.41) is 0. The van der Waals surface area contributed by atoms with E-state index in [4.69, 9.17) is 0 Å². The first kappa shape index (κ1) is 7.60. The van der Waals surface area contributed by atoms with Crippen molar-refractivity contribution in [3.05, 3.63) is 40.5 Å². The second-order valence-electron chi connectivity index (χ2n) is 3.69. The molecule has 0 radical (unpaired) electrons. The number of hydrogen-bond acceptors (Lipinski definition) is 0. The van der Waals surface area contributed by atoms with Crippen molar-refractivity contribution in [1.29, 1.82) is 0 Å². The molecule has 0 N–H and O–H groups in total. The Kier molecular flexibility index (Phi) is 1.57. The molecule has 0 aliphatic heterocycles. The summed E-state index contributed by atoms with van der Waals surface area (Å²) in [5.74, 6) is 0.625. The highest BCUT2D eigenvalue weighted by Crippen LogP contribution is 2.36. The predicted octanol–water partition coefficient (Wildman–Crippen LogP) is 3.52. The van der Waals surface area contributed by atoms with E-state index in [1.165, 1.54) is 22.3 Å². The molecule has 1 atom stereocenters. The monoisotopic (exact) mass is 158 g/mol. The average Bonchev–Trinajstić information content (AvgIpc) is 2.32. The van der Waals surface area contributed by atoms with Crippen molar-refractivity contribution in [3.8, 4) is 0 Å². The molecule has 0 heteroatoms. The second kappa shape index (κ2) is 2.48. The van der Waals surface area contributed by atoms with Crippen molar-refractivity contribution in [2.24, 2.45) is 0 Å². The van der Waals surface area contributed by atoms with E-state index in [2.05, 4.69) is 45.0 Å². The van der Waals surface area contributed by atoms with Crippen LogP contribution in [0.25, 0.3) is 6.08 Å². The topological polar surface area (TPSA) is 0 Å². The molecular formula is C12H14. The van der Waals surface area contributed by atoms with Crippen molar-refractivity contribution in [2.75, 3.05) is 0 Å². The molecule has 0 saturated carbocycles. The van der Waals surface area contributed by atoms with Gasteiger partial charge in [-0.15, -0.1) is 0 Å². The lowest BCUT2D eigenvalue weighted by molar-refractivity contribution is 0.920. The van der Waals surface area contributed by atoms with Crippen LogP contribution in [-0.2, 0) is 0 Å². The van der Waals surface area contributed by atoms with Gasteiger partial charge in [0, 0.05) is 5.92 Å². The van der Waals surface area contributed by atoms with Crippen LogP contribution in [0.1, 0.15) is 36.5 Å². The maximum absolute atomic E-state index is 2.31. The van der Waals surface area contributed by atoms with Crippen LogP contribution in [0.5, 0.6) is 0 Å². The molecule has 0 fully saturated rings. The lowest BCUT2D eigenvalue weighted by atomic mass is 9.97. The largest absolute Gasteiger partial charge is 0.0655 e. The van der Waals surface area contributed by atoms with Crippen LogP contribution in [0, 0.1) is 6.92 Å². The molecule has 0 nitrogen and oxygen atoms in total. The molecule has 1 aromatic rings. The smallest absolute Gasteiger partial charge is 0.00264 e. The van der Waals surface area contributed by atoms with Crippen LogP contribution >= 0.6 is 0 Å². The van der Waals surface area contributed by atoms with Gasteiger partial charge in [0.2, 0.25) is 0 Å². The fourth-order valence-electron chi connectivity index (χ4n) is 1.88. The van der Waals surface area contributed by atoms with Crippen molar-refractivity contribution in [1.82, 2.24) is 0 Å². The van der Waals surface area contributed by atoms with Crippen LogP contribution in [0.15, 0.2) is 23.8 Å². The average molecular weight is 158 g/mol. The third-order valence-electron chi connectivity index (χ3n) is 2.88. The Morgan fingerprint density at radius 3 is 2.58 bits per heavy atom. The van der Waals surface area contributed by atoms with Gasteiger partial charge in [-0.25, -0.2) is 0 Å². The summed E-state index contributed by atoms with van der Waals surface area (Å²) >= 11 is 0. The number of aryl methyl sites for hydroxylation is 1. The molecule has 1 unspecified atom stereocenters. The lowest BCUT2D eigenvalue weighted by Gasteiger charge is -2.07. The fraction of sp³-hybridized carbons (Fsp3) is 0.333. The van der Waals surface area contributed by atoms with Gasteiger partial charge < -0.3 is 0 Å². The Bertz CT molecular complexity index is 345. The minimum atomic E-state index is 0.625.